The predicted octanol–water partition coefficient (Wildman–Crippen LogP) is 5.15. The molecule has 0 aliphatic carbocycles. The molecular formula is C32H39F3N8O2S2. The number of thiophene rings is 1. The second-order valence-electron chi connectivity index (χ2n) is 12.6. The molecule has 0 amide bonds. The van der Waals surface area contributed by atoms with Crippen molar-refractivity contribution in [3.05, 3.63) is 51.8 Å². The van der Waals surface area contributed by atoms with E-state index in [0.29, 0.717) is 47.1 Å². The van der Waals surface area contributed by atoms with Crippen molar-refractivity contribution in [1.29, 1.82) is 5.26 Å². The molecule has 10 nitrogen and oxygen atoms in total. The van der Waals surface area contributed by atoms with Crippen molar-refractivity contribution < 1.29 is 21.6 Å². The van der Waals surface area contributed by atoms with Gasteiger partial charge >= 0.3 is 6.18 Å². The van der Waals surface area contributed by atoms with E-state index in [2.05, 4.69) is 54.9 Å². The highest BCUT2D eigenvalue weighted by Gasteiger charge is 2.30. The van der Waals surface area contributed by atoms with Gasteiger partial charge < -0.3 is 9.88 Å². The number of likely N-dealkylation sites (tertiary alicyclic amines) is 1. The standard InChI is InChI=1S/C32H39F3N8O2S2/c1-4-29-39-30(27-14-25(15-32(33,34)35)46-31(27)40-29)38-23-7-9-41(10-8-23)18-22-5-6-28-26(21(22)3)13-24(16-36)43(28)17-20(2)42-11-12-47(44,45)37-19-42/h5-6,13-14,20,23,37H,4,7-12,15,17-19H2,1-3H3,(H,38,39,40)/t20-/m0/s1. The van der Waals surface area contributed by atoms with E-state index in [1.165, 1.54) is 5.56 Å². The van der Waals surface area contributed by atoms with Crippen LogP contribution in [0.25, 0.3) is 21.1 Å². The molecule has 0 bridgehead atoms. The molecule has 4 aromatic rings. The van der Waals surface area contributed by atoms with Crippen LogP contribution in [0.15, 0.2) is 24.3 Å². The van der Waals surface area contributed by atoms with E-state index in [1.807, 2.05) is 24.5 Å². The summed E-state index contributed by atoms with van der Waals surface area (Å²) < 4.78 is 67.4. The van der Waals surface area contributed by atoms with Gasteiger partial charge in [0, 0.05) is 67.0 Å². The lowest BCUT2D eigenvalue weighted by atomic mass is 10.0. The van der Waals surface area contributed by atoms with Crippen LogP contribution in [-0.2, 0) is 36.0 Å². The van der Waals surface area contributed by atoms with Crippen molar-refractivity contribution in [3.8, 4) is 6.07 Å². The molecule has 6 rings (SSSR count). The second kappa shape index (κ2) is 13.3. The third-order valence-electron chi connectivity index (χ3n) is 9.29. The first kappa shape index (κ1) is 33.6. The van der Waals surface area contributed by atoms with Crippen molar-refractivity contribution in [2.75, 3.05) is 37.4 Å². The number of fused-ring (bicyclic) bond motifs is 2. The average Bonchev–Trinajstić information content (AvgIpc) is 3.59. The Morgan fingerprint density at radius 3 is 2.60 bits per heavy atom. The van der Waals surface area contributed by atoms with Crippen LogP contribution in [0.5, 0.6) is 0 Å². The van der Waals surface area contributed by atoms with Crippen molar-refractivity contribution in [1.82, 2.24) is 29.1 Å². The van der Waals surface area contributed by atoms with Crippen molar-refractivity contribution >= 4 is 48.3 Å². The summed E-state index contributed by atoms with van der Waals surface area (Å²) in [6, 6.07) is 10.3. The SMILES string of the molecule is CCc1nc(NC2CCN(Cc3ccc4c(cc(C#N)n4C[C@H](C)N4CCS(=O)(=O)NC4)c3C)CC2)c2cc(CC(F)(F)F)sc2n1. The van der Waals surface area contributed by atoms with Crippen LogP contribution in [-0.4, -0.2) is 83.1 Å². The number of hydrogen-bond acceptors (Lipinski definition) is 9. The van der Waals surface area contributed by atoms with Crippen LogP contribution in [0.3, 0.4) is 0 Å². The zero-order valence-corrected chi connectivity index (χ0v) is 28.3. The molecule has 15 heteroatoms. The number of anilines is 1. The fourth-order valence-corrected chi connectivity index (χ4v) is 8.61. The van der Waals surface area contributed by atoms with Crippen molar-refractivity contribution in [2.24, 2.45) is 0 Å². The average molecular weight is 689 g/mol. The number of rotatable bonds is 9. The van der Waals surface area contributed by atoms with E-state index >= 15 is 0 Å². The van der Waals surface area contributed by atoms with Gasteiger partial charge in [-0.3, -0.25) is 9.80 Å². The topological polar surface area (TPSA) is 119 Å². The molecule has 5 heterocycles. The van der Waals surface area contributed by atoms with Gasteiger partial charge in [-0.25, -0.2) is 23.1 Å². The summed E-state index contributed by atoms with van der Waals surface area (Å²) in [5, 5.41) is 15.2. The van der Waals surface area contributed by atoms with E-state index in [4.69, 9.17) is 0 Å². The monoisotopic (exact) mass is 688 g/mol. The summed E-state index contributed by atoms with van der Waals surface area (Å²) in [7, 11) is -3.21. The molecule has 0 radical (unpaired) electrons. The molecule has 0 unspecified atom stereocenters. The third kappa shape index (κ3) is 7.57. The molecule has 2 saturated heterocycles. The number of nitriles is 1. The smallest absolute Gasteiger partial charge is 0.367 e. The Morgan fingerprint density at radius 1 is 1.17 bits per heavy atom. The predicted molar refractivity (Wildman–Crippen MR) is 178 cm³/mol. The molecule has 2 fully saturated rings. The summed E-state index contributed by atoms with van der Waals surface area (Å²) in [5.74, 6) is 1.30. The first-order chi connectivity index (χ1) is 22.3. The maximum Gasteiger partial charge on any atom is 0.393 e. The van der Waals surface area contributed by atoms with Crippen LogP contribution < -0.4 is 10.0 Å². The van der Waals surface area contributed by atoms with E-state index < -0.39 is 22.6 Å². The van der Waals surface area contributed by atoms with Gasteiger partial charge in [-0.1, -0.05) is 13.0 Å². The molecule has 1 aromatic carbocycles. The van der Waals surface area contributed by atoms with E-state index in [-0.39, 0.29) is 29.4 Å². The summed E-state index contributed by atoms with van der Waals surface area (Å²) in [5.41, 5.74) is 3.91. The third-order valence-corrected chi connectivity index (χ3v) is 11.6. The van der Waals surface area contributed by atoms with Gasteiger partial charge in [0.25, 0.3) is 0 Å². The minimum absolute atomic E-state index is 0.0317. The number of nitrogens with one attached hydrogen (secondary N) is 2. The molecule has 0 spiro atoms. The fourth-order valence-electron chi connectivity index (χ4n) is 6.55. The van der Waals surface area contributed by atoms with Crippen LogP contribution in [0.4, 0.5) is 19.0 Å². The molecule has 3 aromatic heterocycles. The summed E-state index contributed by atoms with van der Waals surface area (Å²) in [6.45, 7) is 9.85. The first-order valence-electron chi connectivity index (χ1n) is 15.9. The van der Waals surface area contributed by atoms with Gasteiger partial charge in [-0.15, -0.1) is 11.3 Å². The van der Waals surface area contributed by atoms with Gasteiger partial charge in [0.2, 0.25) is 10.0 Å². The number of sulfonamides is 1. The van der Waals surface area contributed by atoms with Crippen LogP contribution in [0.1, 0.15) is 54.2 Å². The Labute approximate surface area is 276 Å². The van der Waals surface area contributed by atoms with Gasteiger partial charge in [0.05, 0.1) is 24.2 Å². The highest BCUT2D eigenvalue weighted by molar-refractivity contribution is 7.89. The summed E-state index contributed by atoms with van der Waals surface area (Å²) in [6.07, 6.45) is -2.91. The van der Waals surface area contributed by atoms with Crippen LogP contribution >= 0.6 is 11.3 Å². The molecule has 0 saturated carbocycles. The maximum absolute atomic E-state index is 13.1. The van der Waals surface area contributed by atoms with Gasteiger partial charge in [0.1, 0.15) is 28.2 Å². The lowest BCUT2D eigenvalue weighted by molar-refractivity contribution is -0.126. The number of aryl methyl sites for hydroxylation is 2. The zero-order chi connectivity index (χ0) is 33.5. The molecule has 2 aliphatic heterocycles. The number of hydrogen-bond donors (Lipinski definition) is 2. The molecule has 1 atom stereocenters. The number of alkyl halides is 3. The van der Waals surface area contributed by atoms with Crippen molar-refractivity contribution in [3.63, 3.8) is 0 Å². The normalized spacial score (nSPS) is 18.9. The Hall–Kier alpha value is -3.29. The number of nitrogens with zero attached hydrogens (tertiary/aromatic N) is 6. The van der Waals surface area contributed by atoms with Crippen LogP contribution in [0, 0.1) is 18.3 Å². The second-order valence-corrected chi connectivity index (χ2v) is 15.6. The minimum Gasteiger partial charge on any atom is -0.367 e. The van der Waals surface area contributed by atoms with Gasteiger partial charge in [-0.05, 0) is 56.0 Å². The fraction of sp³-hybridized carbons (Fsp3) is 0.531. The Balaban J connectivity index is 1.11. The lowest BCUT2D eigenvalue weighted by Crippen LogP contribution is -2.51. The Bertz CT molecular complexity index is 1910. The largest absolute Gasteiger partial charge is 0.393 e. The number of piperidine rings is 1. The Kier molecular flexibility index (Phi) is 9.52. The molecule has 252 valence electrons. The molecule has 2 N–H and O–H groups in total. The highest BCUT2D eigenvalue weighted by atomic mass is 32.2. The van der Waals surface area contributed by atoms with Gasteiger partial charge in [-0.2, -0.15) is 18.4 Å². The Morgan fingerprint density at radius 2 is 1.94 bits per heavy atom. The van der Waals surface area contributed by atoms with E-state index in [1.54, 1.807) is 6.07 Å². The summed E-state index contributed by atoms with van der Waals surface area (Å²) in [4.78, 5) is 14.5. The lowest BCUT2D eigenvalue weighted by Gasteiger charge is -2.33. The summed E-state index contributed by atoms with van der Waals surface area (Å²) >= 11 is 1.08. The zero-order valence-electron chi connectivity index (χ0n) is 26.7. The number of benzene rings is 1. The maximum atomic E-state index is 13.1. The van der Waals surface area contributed by atoms with Gasteiger partial charge in [0.15, 0.2) is 0 Å². The molecular weight excluding hydrogens is 650 g/mol. The van der Waals surface area contributed by atoms with E-state index in [9.17, 15) is 26.9 Å². The van der Waals surface area contributed by atoms with Crippen LogP contribution in [0.2, 0.25) is 0 Å². The molecule has 2 aliphatic rings. The number of halogens is 3. The highest BCUT2D eigenvalue weighted by Crippen LogP contribution is 2.34. The molecule has 47 heavy (non-hydrogen) atoms. The van der Waals surface area contributed by atoms with E-state index in [0.717, 1.165) is 60.3 Å². The number of aromatic nitrogens is 3. The first-order valence-corrected chi connectivity index (χ1v) is 18.4. The minimum atomic E-state index is -4.27. The quantitative estimate of drug-likeness (QED) is 0.248. The van der Waals surface area contributed by atoms with Crippen molar-refractivity contribution in [2.45, 2.75) is 77.8 Å².